The predicted molar refractivity (Wildman–Crippen MR) is 105 cm³/mol. The van der Waals surface area contributed by atoms with Crippen LogP contribution in [0.15, 0.2) is 54.7 Å². The molecule has 0 N–H and O–H groups in total. The average Bonchev–Trinajstić information content (AvgIpc) is 2.70. The lowest BCUT2D eigenvalue weighted by molar-refractivity contribution is -0.195. The van der Waals surface area contributed by atoms with Crippen molar-refractivity contribution in [1.82, 2.24) is 4.73 Å². The van der Waals surface area contributed by atoms with Gasteiger partial charge >= 0.3 is 11.9 Å². The van der Waals surface area contributed by atoms with Crippen LogP contribution < -0.4 is 4.84 Å². The number of ether oxygens (including phenoxy) is 2. The molecule has 2 atom stereocenters. The van der Waals surface area contributed by atoms with E-state index in [1.807, 2.05) is 30.3 Å². The van der Waals surface area contributed by atoms with Crippen molar-refractivity contribution in [3.8, 4) is 0 Å². The number of rotatable bonds is 4. The van der Waals surface area contributed by atoms with E-state index in [1.165, 1.54) is 6.20 Å². The van der Waals surface area contributed by atoms with E-state index in [0.29, 0.717) is 0 Å². The Kier molecular flexibility index (Phi) is 6.26. The number of esters is 1. The highest BCUT2D eigenvalue weighted by molar-refractivity contribution is 7.71. The summed E-state index contributed by atoms with van der Waals surface area (Å²) < 4.78 is 13.0. The summed E-state index contributed by atoms with van der Waals surface area (Å²) in [4.78, 5) is 29.4. The van der Waals surface area contributed by atoms with E-state index < -0.39 is 17.5 Å². The van der Waals surface area contributed by atoms with Crippen molar-refractivity contribution in [3.05, 3.63) is 64.9 Å². The molecular weight excluding hydrogens is 378 g/mol. The lowest BCUT2D eigenvalue weighted by Crippen LogP contribution is -2.46. The molecule has 2 aromatic rings. The zero-order valence-electron chi connectivity index (χ0n) is 15.9. The maximum atomic E-state index is 12.3. The molecule has 2 heterocycles. The van der Waals surface area contributed by atoms with Gasteiger partial charge in [0, 0.05) is 6.20 Å². The van der Waals surface area contributed by atoms with E-state index in [9.17, 15) is 9.59 Å². The first-order chi connectivity index (χ1) is 13.4. The molecule has 0 aliphatic carbocycles. The molecule has 0 unspecified atom stereocenters. The molecule has 0 spiro atoms. The number of pyridine rings is 1. The minimum absolute atomic E-state index is 0.0625. The fraction of sp³-hybridized carbons (Fsp3) is 0.381. The van der Waals surface area contributed by atoms with E-state index in [2.05, 4.69) is 0 Å². The van der Waals surface area contributed by atoms with Crippen LogP contribution in [-0.2, 0) is 19.1 Å². The molecule has 1 saturated heterocycles. The number of nitrogens with zero attached hydrogens (tertiary/aromatic N) is 1. The third-order valence-electron chi connectivity index (χ3n) is 4.70. The Morgan fingerprint density at radius 1 is 1.07 bits per heavy atom. The van der Waals surface area contributed by atoms with Gasteiger partial charge in [-0.1, -0.05) is 48.6 Å². The Hall–Kier alpha value is -2.51. The number of carbonyl (C=O) groups excluding carboxylic acids is 2. The monoisotopic (exact) mass is 401 g/mol. The van der Waals surface area contributed by atoms with Crippen LogP contribution in [0.4, 0.5) is 0 Å². The second-order valence-electron chi connectivity index (χ2n) is 7.19. The Balaban J connectivity index is 1.63. The molecule has 0 bridgehead atoms. The summed E-state index contributed by atoms with van der Waals surface area (Å²) in [6, 6.07) is 14.9. The normalized spacial score (nSPS) is 19.6. The van der Waals surface area contributed by atoms with Crippen LogP contribution in [0.25, 0.3) is 0 Å². The molecule has 3 rings (SSSR count). The van der Waals surface area contributed by atoms with Crippen LogP contribution in [-0.4, -0.2) is 28.4 Å². The molecule has 1 aromatic heterocycles. The van der Waals surface area contributed by atoms with Crippen molar-refractivity contribution in [3.63, 3.8) is 0 Å². The third kappa shape index (κ3) is 4.85. The number of aromatic nitrogens is 1. The van der Waals surface area contributed by atoms with Crippen molar-refractivity contribution >= 4 is 24.2 Å². The van der Waals surface area contributed by atoms with E-state index in [0.717, 1.165) is 29.6 Å². The highest BCUT2D eigenvalue weighted by Gasteiger charge is 2.40. The van der Waals surface area contributed by atoms with Crippen LogP contribution in [0.1, 0.15) is 44.8 Å². The standard InChI is InChI=1S/C21H23NO5S/c1-21(2,17-12-8-11-16(25-17)15-9-4-3-5-10-15)26-19(23)20(24)27-22-14-7-6-13-18(22)28/h3-7,9-10,13-14,16-17H,8,11-12H2,1-2H3/t16-,17-/m1/s1. The molecule has 1 aliphatic heterocycles. The van der Waals surface area contributed by atoms with Gasteiger partial charge in [-0.3, -0.25) is 0 Å². The molecule has 1 fully saturated rings. The lowest BCUT2D eigenvalue weighted by atomic mass is 9.90. The Bertz CT molecular complexity index is 893. The molecule has 0 saturated carbocycles. The predicted octanol–water partition coefficient (Wildman–Crippen LogP) is 3.80. The fourth-order valence-corrected chi connectivity index (χ4v) is 3.39. The quantitative estimate of drug-likeness (QED) is 0.441. The first-order valence-electron chi connectivity index (χ1n) is 9.20. The van der Waals surface area contributed by atoms with Crippen LogP contribution >= 0.6 is 12.2 Å². The summed E-state index contributed by atoms with van der Waals surface area (Å²) in [5.41, 5.74) is 0.106. The highest BCUT2D eigenvalue weighted by Crippen LogP contribution is 2.36. The van der Waals surface area contributed by atoms with Gasteiger partial charge < -0.3 is 14.3 Å². The first-order valence-corrected chi connectivity index (χ1v) is 9.61. The van der Waals surface area contributed by atoms with Crippen LogP contribution in [0.3, 0.4) is 0 Å². The van der Waals surface area contributed by atoms with Gasteiger partial charge in [0.1, 0.15) is 10.2 Å². The molecule has 1 aromatic carbocycles. The molecule has 28 heavy (non-hydrogen) atoms. The number of benzene rings is 1. The second kappa shape index (κ2) is 8.67. The van der Waals surface area contributed by atoms with Gasteiger partial charge in [-0.25, -0.2) is 9.59 Å². The van der Waals surface area contributed by atoms with Crippen LogP contribution in [0.5, 0.6) is 0 Å². The van der Waals surface area contributed by atoms with E-state index in [-0.39, 0.29) is 16.8 Å². The maximum Gasteiger partial charge on any atom is 0.442 e. The van der Waals surface area contributed by atoms with Crippen molar-refractivity contribution in [2.24, 2.45) is 0 Å². The molecule has 1 aliphatic rings. The fourth-order valence-electron chi connectivity index (χ4n) is 3.21. The minimum Gasteiger partial charge on any atom is -0.448 e. The smallest absolute Gasteiger partial charge is 0.442 e. The molecule has 148 valence electrons. The van der Waals surface area contributed by atoms with Gasteiger partial charge in [-0.2, -0.15) is 4.73 Å². The Labute approximate surface area is 169 Å². The summed E-state index contributed by atoms with van der Waals surface area (Å²) in [7, 11) is 0. The largest absolute Gasteiger partial charge is 0.448 e. The van der Waals surface area contributed by atoms with Gasteiger partial charge in [0.2, 0.25) is 0 Å². The topological polar surface area (TPSA) is 66.8 Å². The summed E-state index contributed by atoms with van der Waals surface area (Å²) in [6.07, 6.45) is 3.64. The van der Waals surface area contributed by atoms with Gasteiger partial charge in [0.05, 0.1) is 12.2 Å². The van der Waals surface area contributed by atoms with Crippen LogP contribution in [0, 0.1) is 4.64 Å². The number of hydrogen-bond acceptors (Lipinski definition) is 6. The molecule has 0 radical (unpaired) electrons. The van der Waals surface area contributed by atoms with Gasteiger partial charge in [0.25, 0.3) is 0 Å². The third-order valence-corrected chi connectivity index (χ3v) is 5.02. The van der Waals surface area contributed by atoms with Gasteiger partial charge in [-0.15, -0.1) is 0 Å². The second-order valence-corrected chi connectivity index (χ2v) is 7.61. The van der Waals surface area contributed by atoms with Crippen molar-refractivity contribution < 1.29 is 23.9 Å². The Morgan fingerprint density at radius 2 is 1.79 bits per heavy atom. The lowest BCUT2D eigenvalue weighted by Gasteiger charge is -2.39. The maximum absolute atomic E-state index is 12.3. The minimum atomic E-state index is -1.13. The summed E-state index contributed by atoms with van der Waals surface area (Å²) >= 11 is 5.04. The van der Waals surface area contributed by atoms with Crippen molar-refractivity contribution in [1.29, 1.82) is 0 Å². The van der Waals surface area contributed by atoms with Crippen molar-refractivity contribution in [2.45, 2.75) is 50.9 Å². The molecule has 7 heteroatoms. The van der Waals surface area contributed by atoms with E-state index >= 15 is 0 Å². The van der Waals surface area contributed by atoms with E-state index in [4.69, 9.17) is 26.5 Å². The van der Waals surface area contributed by atoms with E-state index in [1.54, 1.807) is 32.0 Å². The van der Waals surface area contributed by atoms with Crippen LogP contribution in [0.2, 0.25) is 0 Å². The van der Waals surface area contributed by atoms with Gasteiger partial charge in [-0.05, 0) is 50.8 Å². The average molecular weight is 401 g/mol. The zero-order chi connectivity index (χ0) is 20.1. The molecule has 6 nitrogen and oxygen atoms in total. The summed E-state index contributed by atoms with van der Waals surface area (Å²) in [6.45, 7) is 3.48. The highest BCUT2D eigenvalue weighted by atomic mass is 32.1. The molecular formula is C21H23NO5S. The van der Waals surface area contributed by atoms with Crippen molar-refractivity contribution in [2.75, 3.05) is 0 Å². The zero-order valence-corrected chi connectivity index (χ0v) is 16.7. The Morgan fingerprint density at radius 3 is 2.50 bits per heavy atom. The molecule has 0 amide bonds. The number of hydrogen-bond donors (Lipinski definition) is 0. The summed E-state index contributed by atoms with van der Waals surface area (Å²) in [5, 5.41) is 0. The SMILES string of the molecule is CC(C)(OC(=O)C(=O)On1ccccc1=S)[C@H]1CCC[C@H](c2ccccc2)O1. The first kappa shape index (κ1) is 20.2. The van der Waals surface area contributed by atoms with Gasteiger partial charge in [0.15, 0.2) is 0 Å². The summed E-state index contributed by atoms with van der Waals surface area (Å²) in [5.74, 6) is -2.22. The number of carbonyl (C=O) groups is 2.